The maximum absolute atomic E-state index is 11.5. The highest BCUT2D eigenvalue weighted by Gasteiger charge is 2.07. The van der Waals surface area contributed by atoms with Crippen molar-refractivity contribution < 1.29 is 38.1 Å². The molecule has 0 bridgehead atoms. The Morgan fingerprint density at radius 3 is 1.75 bits per heavy atom. The number of amides is 1. The van der Waals surface area contributed by atoms with E-state index in [0.29, 0.717) is 19.4 Å². The quantitative estimate of drug-likeness (QED) is 0.204. The normalized spacial score (nSPS) is 9.79. The van der Waals surface area contributed by atoms with E-state index >= 15 is 0 Å². The Kier molecular flexibility index (Phi) is 13.7. The number of rotatable bonds is 14. The van der Waals surface area contributed by atoms with E-state index in [4.69, 9.17) is 18.9 Å². The zero-order valence-corrected chi connectivity index (χ0v) is 16.5. The fourth-order valence-electron chi connectivity index (χ4n) is 1.69. The molecular weight excluding hydrogens is 370 g/mol. The Balaban J connectivity index is 3.50. The predicted octanol–water partition coefficient (Wildman–Crippen LogP) is 2.05. The number of hydrogen-bond acceptors (Lipinski definition) is 8. The lowest BCUT2D eigenvalue weighted by molar-refractivity contribution is -0.150. The summed E-state index contributed by atoms with van der Waals surface area (Å²) in [5.41, 5.74) is 0.564. The van der Waals surface area contributed by atoms with Gasteiger partial charge < -0.3 is 24.3 Å². The molecule has 158 valence electrons. The smallest absolute Gasteiger partial charge is 0.407 e. The lowest BCUT2D eigenvalue weighted by Crippen LogP contribution is -2.27. The molecule has 1 N–H and O–H groups in total. The number of ether oxygens (including phenoxy) is 4. The Labute approximate surface area is 165 Å². The molecule has 0 fully saturated rings. The van der Waals surface area contributed by atoms with Crippen molar-refractivity contribution >= 4 is 24.0 Å². The van der Waals surface area contributed by atoms with E-state index in [1.165, 1.54) is 13.8 Å². The molecule has 0 aromatic heterocycles. The molecule has 0 unspecified atom stereocenters. The topological polar surface area (TPSA) is 117 Å². The molecule has 0 saturated carbocycles. The molecule has 1 amide bonds. The van der Waals surface area contributed by atoms with E-state index in [1.54, 1.807) is 0 Å². The zero-order chi connectivity index (χ0) is 21.4. The van der Waals surface area contributed by atoms with Crippen molar-refractivity contribution in [3.05, 3.63) is 24.3 Å². The maximum atomic E-state index is 11.5. The van der Waals surface area contributed by atoms with Gasteiger partial charge >= 0.3 is 24.0 Å². The van der Waals surface area contributed by atoms with Crippen LogP contribution in [-0.4, -0.2) is 57.0 Å². The molecule has 0 aliphatic carbocycles. The molecular formula is C19H29NO8. The van der Waals surface area contributed by atoms with Crippen molar-refractivity contribution in [3.63, 3.8) is 0 Å². The molecule has 0 spiro atoms. The van der Waals surface area contributed by atoms with E-state index < -0.39 is 18.0 Å². The molecule has 0 aromatic carbocycles. The second-order valence-corrected chi connectivity index (χ2v) is 5.93. The van der Waals surface area contributed by atoms with Crippen LogP contribution in [0.25, 0.3) is 0 Å². The molecule has 0 saturated heterocycles. The summed E-state index contributed by atoms with van der Waals surface area (Å²) in [5.74, 6) is -1.42. The molecule has 28 heavy (non-hydrogen) atoms. The molecule has 9 nitrogen and oxygen atoms in total. The van der Waals surface area contributed by atoms with Gasteiger partial charge in [-0.3, -0.25) is 4.79 Å². The third kappa shape index (κ3) is 14.3. The summed E-state index contributed by atoms with van der Waals surface area (Å²) in [5, 5.41) is 2.55. The van der Waals surface area contributed by atoms with Crippen LogP contribution in [0.15, 0.2) is 24.3 Å². The van der Waals surface area contributed by atoms with E-state index in [2.05, 4.69) is 18.5 Å². The van der Waals surface area contributed by atoms with Crippen LogP contribution in [-0.2, 0) is 33.3 Å². The molecule has 0 heterocycles. The van der Waals surface area contributed by atoms with Gasteiger partial charge in [0, 0.05) is 24.1 Å². The van der Waals surface area contributed by atoms with Gasteiger partial charge in [-0.05, 0) is 26.7 Å². The summed E-state index contributed by atoms with van der Waals surface area (Å²) < 4.78 is 19.3. The average molecular weight is 399 g/mol. The van der Waals surface area contributed by atoms with Gasteiger partial charge in [-0.1, -0.05) is 19.6 Å². The van der Waals surface area contributed by atoms with Gasteiger partial charge in [0.05, 0.1) is 0 Å². The van der Waals surface area contributed by atoms with Gasteiger partial charge in [0.15, 0.2) is 0 Å². The fourth-order valence-corrected chi connectivity index (χ4v) is 1.69. The third-order valence-electron chi connectivity index (χ3n) is 3.15. The predicted molar refractivity (Wildman–Crippen MR) is 100 cm³/mol. The van der Waals surface area contributed by atoms with E-state index in [1.807, 2.05) is 0 Å². The van der Waals surface area contributed by atoms with Gasteiger partial charge in [-0.25, -0.2) is 14.4 Å². The van der Waals surface area contributed by atoms with Gasteiger partial charge in [0.2, 0.25) is 0 Å². The van der Waals surface area contributed by atoms with Crippen LogP contribution in [0.1, 0.15) is 39.5 Å². The molecule has 0 aliphatic heterocycles. The number of unbranched alkanes of at least 4 members (excludes halogenated alkanes) is 2. The van der Waals surface area contributed by atoms with Crippen molar-refractivity contribution in [1.82, 2.24) is 5.32 Å². The third-order valence-corrected chi connectivity index (χ3v) is 3.15. The first-order valence-electron chi connectivity index (χ1n) is 8.95. The van der Waals surface area contributed by atoms with Crippen LogP contribution in [0, 0.1) is 0 Å². The summed E-state index contributed by atoms with van der Waals surface area (Å²) in [6, 6.07) is 0. The first-order valence-corrected chi connectivity index (χ1v) is 8.95. The van der Waals surface area contributed by atoms with Gasteiger partial charge in [-0.2, -0.15) is 0 Å². The first kappa shape index (κ1) is 25.2. The fraction of sp³-hybridized carbons (Fsp3) is 0.579. The minimum atomic E-state index is -0.602. The number of carbonyl (C=O) groups is 4. The van der Waals surface area contributed by atoms with Crippen LogP contribution < -0.4 is 5.32 Å². The minimum Gasteiger partial charge on any atom is -0.462 e. The molecule has 9 heteroatoms. The second-order valence-electron chi connectivity index (χ2n) is 5.93. The van der Waals surface area contributed by atoms with Gasteiger partial charge in [0.1, 0.15) is 26.4 Å². The van der Waals surface area contributed by atoms with E-state index in [-0.39, 0.29) is 50.0 Å². The van der Waals surface area contributed by atoms with E-state index in [0.717, 1.165) is 6.42 Å². The number of carbonyl (C=O) groups excluding carboxylic acids is 4. The van der Waals surface area contributed by atoms with Gasteiger partial charge in [-0.15, -0.1) is 0 Å². The Morgan fingerprint density at radius 1 is 0.714 bits per heavy atom. The summed E-state index contributed by atoms with van der Waals surface area (Å²) in [7, 11) is 0. The molecule has 0 radical (unpaired) electrons. The van der Waals surface area contributed by atoms with Crippen LogP contribution in [0.4, 0.5) is 4.79 Å². The Bertz CT molecular complexity index is 520. The number of alkyl carbamates (subject to hydrolysis) is 1. The molecule has 0 atom stereocenters. The average Bonchev–Trinajstić information content (AvgIpc) is 2.64. The van der Waals surface area contributed by atoms with Crippen LogP contribution in [0.3, 0.4) is 0 Å². The molecule has 0 aliphatic rings. The minimum absolute atomic E-state index is 0.00411. The van der Waals surface area contributed by atoms with E-state index in [9.17, 15) is 19.2 Å². The maximum Gasteiger partial charge on any atom is 0.407 e. The largest absolute Gasteiger partial charge is 0.462 e. The highest BCUT2D eigenvalue weighted by molar-refractivity contribution is 5.87. The van der Waals surface area contributed by atoms with Crippen LogP contribution >= 0.6 is 0 Å². The first-order chi connectivity index (χ1) is 13.2. The molecule has 0 aromatic rings. The summed E-state index contributed by atoms with van der Waals surface area (Å²) in [4.78, 5) is 45.1. The van der Waals surface area contributed by atoms with Crippen molar-refractivity contribution in [1.29, 1.82) is 0 Å². The Morgan fingerprint density at radius 2 is 1.21 bits per heavy atom. The summed E-state index contributed by atoms with van der Waals surface area (Å²) >= 11 is 0. The lowest BCUT2D eigenvalue weighted by Gasteiger charge is -2.08. The number of esters is 3. The van der Waals surface area contributed by atoms with Gasteiger partial charge in [0.25, 0.3) is 0 Å². The van der Waals surface area contributed by atoms with Crippen molar-refractivity contribution in [2.75, 3.05) is 33.0 Å². The highest BCUT2D eigenvalue weighted by Crippen LogP contribution is 2.01. The van der Waals surface area contributed by atoms with Crippen molar-refractivity contribution in [2.45, 2.75) is 39.5 Å². The van der Waals surface area contributed by atoms with Crippen molar-refractivity contribution in [3.8, 4) is 0 Å². The summed E-state index contributed by atoms with van der Waals surface area (Å²) in [6.07, 6.45) is 1.64. The Hall–Kier alpha value is -2.84. The SMILES string of the molecule is C=C(C)C(=O)OCCOC(=O)CCCCCNC(=O)OCCOC(=O)C(=C)C. The number of hydrogen-bond donors (Lipinski definition) is 1. The van der Waals surface area contributed by atoms with Crippen molar-refractivity contribution in [2.24, 2.45) is 0 Å². The van der Waals surface area contributed by atoms with Crippen LogP contribution in [0.2, 0.25) is 0 Å². The van der Waals surface area contributed by atoms with Crippen LogP contribution in [0.5, 0.6) is 0 Å². The highest BCUT2D eigenvalue weighted by atomic mass is 16.6. The second kappa shape index (κ2) is 15.2. The zero-order valence-electron chi connectivity index (χ0n) is 16.5. The number of nitrogens with one attached hydrogen (secondary N) is 1. The lowest BCUT2D eigenvalue weighted by atomic mass is 10.2. The molecule has 0 rings (SSSR count). The standard InChI is InChI=1S/C19H29NO8/c1-14(2)17(22)26-11-10-25-16(21)8-6-5-7-9-20-19(24)28-13-12-27-18(23)15(3)4/h1,3,5-13H2,2,4H3,(H,20,24). The monoisotopic (exact) mass is 399 g/mol. The summed E-state index contributed by atoms with van der Waals surface area (Å²) in [6.45, 7) is 10.3.